The van der Waals surface area contributed by atoms with E-state index < -0.39 is 0 Å². The maximum absolute atomic E-state index is 10.9. The smallest absolute Gasteiger partial charge is 0.330 e. The third kappa shape index (κ3) is 7.80. The van der Waals surface area contributed by atoms with Crippen molar-refractivity contribution in [2.45, 2.75) is 26.7 Å². The van der Waals surface area contributed by atoms with E-state index in [1.807, 2.05) is 31.2 Å². The Morgan fingerprint density at radius 2 is 2.06 bits per heavy atom. The molecule has 0 saturated heterocycles. The van der Waals surface area contributed by atoms with Gasteiger partial charge in [-0.05, 0) is 32.3 Å². The highest BCUT2D eigenvalue weighted by molar-refractivity contribution is 5.83. The molecule has 0 N–H and O–H groups in total. The summed E-state index contributed by atoms with van der Waals surface area (Å²) < 4.78 is 4.53. The van der Waals surface area contributed by atoms with E-state index in [0.717, 1.165) is 18.4 Å². The van der Waals surface area contributed by atoms with Gasteiger partial charge in [-0.1, -0.05) is 29.9 Å². The van der Waals surface area contributed by atoms with Crippen molar-refractivity contribution < 1.29 is 9.53 Å². The molecule has 88 valence electrons. The van der Waals surface area contributed by atoms with Crippen LogP contribution in [0.1, 0.15) is 26.7 Å². The average Bonchev–Trinajstić information content (AvgIpc) is 2.26. The summed E-state index contributed by atoms with van der Waals surface area (Å²) in [6, 6.07) is 0. The first-order valence-corrected chi connectivity index (χ1v) is 5.31. The number of allylic oxidation sites excluding steroid dienone is 6. The van der Waals surface area contributed by atoms with Crippen molar-refractivity contribution in [2.75, 3.05) is 7.11 Å². The molecule has 0 aromatic rings. The van der Waals surface area contributed by atoms with Crippen LogP contribution in [-0.4, -0.2) is 13.1 Å². The molecule has 0 unspecified atom stereocenters. The molecule has 0 bridgehead atoms. The van der Waals surface area contributed by atoms with Gasteiger partial charge in [0.2, 0.25) is 0 Å². The SMILES string of the molecule is C=CCC\C(C)=C/C=C/C(C)=C\C(=O)OC. The second-order valence-corrected chi connectivity index (χ2v) is 3.61. The molecule has 0 atom stereocenters. The molecule has 16 heavy (non-hydrogen) atoms. The van der Waals surface area contributed by atoms with E-state index in [-0.39, 0.29) is 5.97 Å². The van der Waals surface area contributed by atoms with Crippen LogP contribution in [0.25, 0.3) is 0 Å². The molecule has 0 aromatic carbocycles. The van der Waals surface area contributed by atoms with Crippen molar-refractivity contribution in [1.82, 2.24) is 0 Å². The van der Waals surface area contributed by atoms with Crippen LogP contribution in [0.4, 0.5) is 0 Å². The monoisotopic (exact) mass is 220 g/mol. The Labute approximate surface area is 98.0 Å². The van der Waals surface area contributed by atoms with Gasteiger partial charge < -0.3 is 4.74 Å². The van der Waals surface area contributed by atoms with Gasteiger partial charge in [-0.2, -0.15) is 0 Å². The summed E-state index contributed by atoms with van der Waals surface area (Å²) in [7, 11) is 1.37. The third-order valence-corrected chi connectivity index (χ3v) is 2.03. The molecule has 2 heteroatoms. The average molecular weight is 220 g/mol. The molecular formula is C14H20O2. The number of rotatable bonds is 6. The van der Waals surface area contributed by atoms with Crippen LogP contribution in [0.15, 0.2) is 48.1 Å². The zero-order chi connectivity index (χ0) is 12.4. The molecule has 0 saturated carbocycles. The minimum Gasteiger partial charge on any atom is -0.466 e. The molecule has 0 heterocycles. The number of methoxy groups -OCH3 is 1. The maximum atomic E-state index is 10.9. The van der Waals surface area contributed by atoms with Crippen LogP contribution in [0.5, 0.6) is 0 Å². The quantitative estimate of drug-likeness (QED) is 0.296. The fraction of sp³-hybridized carbons (Fsp3) is 0.357. The van der Waals surface area contributed by atoms with E-state index in [4.69, 9.17) is 0 Å². The molecular weight excluding hydrogens is 200 g/mol. The Bertz CT molecular complexity index is 320. The summed E-state index contributed by atoms with van der Waals surface area (Å²) in [6.45, 7) is 7.62. The summed E-state index contributed by atoms with van der Waals surface area (Å²) in [4.78, 5) is 10.9. The van der Waals surface area contributed by atoms with Gasteiger partial charge in [0.15, 0.2) is 0 Å². The highest BCUT2D eigenvalue weighted by Gasteiger charge is 1.92. The van der Waals surface area contributed by atoms with Crippen molar-refractivity contribution in [3.05, 3.63) is 48.1 Å². The molecule has 2 nitrogen and oxygen atoms in total. The predicted octanol–water partition coefficient (Wildman–Crippen LogP) is 3.57. The fourth-order valence-electron chi connectivity index (χ4n) is 1.07. The van der Waals surface area contributed by atoms with Crippen LogP contribution in [0.3, 0.4) is 0 Å². The Kier molecular flexibility index (Phi) is 7.86. The molecule has 0 radical (unpaired) electrons. The molecule has 0 aliphatic rings. The van der Waals surface area contributed by atoms with Gasteiger partial charge in [-0.15, -0.1) is 6.58 Å². The molecule has 0 rings (SSSR count). The van der Waals surface area contributed by atoms with Gasteiger partial charge in [0.25, 0.3) is 0 Å². The first kappa shape index (κ1) is 14.4. The van der Waals surface area contributed by atoms with Crippen molar-refractivity contribution in [3.63, 3.8) is 0 Å². The Morgan fingerprint density at radius 3 is 2.62 bits per heavy atom. The van der Waals surface area contributed by atoms with E-state index in [1.165, 1.54) is 18.8 Å². The number of esters is 1. The predicted molar refractivity (Wildman–Crippen MR) is 68.1 cm³/mol. The van der Waals surface area contributed by atoms with Crippen LogP contribution >= 0.6 is 0 Å². The van der Waals surface area contributed by atoms with E-state index in [2.05, 4.69) is 18.2 Å². The van der Waals surface area contributed by atoms with Gasteiger partial charge in [-0.3, -0.25) is 0 Å². The number of hydrogen-bond donors (Lipinski definition) is 0. The lowest BCUT2D eigenvalue weighted by molar-refractivity contribution is -0.134. The molecule has 0 aliphatic heterocycles. The second-order valence-electron chi connectivity index (χ2n) is 3.61. The highest BCUT2D eigenvalue weighted by atomic mass is 16.5. The van der Waals surface area contributed by atoms with E-state index >= 15 is 0 Å². The molecule has 0 fully saturated rings. The number of carbonyl (C=O) groups excluding carboxylic acids is 1. The first-order chi connectivity index (χ1) is 7.60. The van der Waals surface area contributed by atoms with Crippen molar-refractivity contribution in [3.8, 4) is 0 Å². The molecule has 0 aliphatic carbocycles. The lowest BCUT2D eigenvalue weighted by atomic mass is 10.1. The zero-order valence-corrected chi connectivity index (χ0v) is 10.3. The van der Waals surface area contributed by atoms with Crippen molar-refractivity contribution in [2.24, 2.45) is 0 Å². The third-order valence-electron chi connectivity index (χ3n) is 2.03. The van der Waals surface area contributed by atoms with E-state index in [0.29, 0.717) is 0 Å². The summed E-state index contributed by atoms with van der Waals surface area (Å²) in [6.07, 6.45) is 11.2. The lowest BCUT2D eigenvalue weighted by Crippen LogP contribution is -1.94. The van der Waals surface area contributed by atoms with E-state index in [1.54, 1.807) is 0 Å². The molecule has 0 spiro atoms. The van der Waals surface area contributed by atoms with Crippen LogP contribution in [0.2, 0.25) is 0 Å². The fourth-order valence-corrected chi connectivity index (χ4v) is 1.07. The molecule has 0 aromatic heterocycles. The number of hydrogen-bond acceptors (Lipinski definition) is 2. The second kappa shape index (κ2) is 8.72. The topological polar surface area (TPSA) is 26.3 Å². The minimum absolute atomic E-state index is 0.325. The van der Waals surface area contributed by atoms with Gasteiger partial charge in [-0.25, -0.2) is 4.79 Å². The van der Waals surface area contributed by atoms with Crippen molar-refractivity contribution in [1.29, 1.82) is 0 Å². The van der Waals surface area contributed by atoms with Gasteiger partial charge in [0.1, 0.15) is 0 Å². The van der Waals surface area contributed by atoms with Crippen LogP contribution in [0, 0.1) is 0 Å². The zero-order valence-electron chi connectivity index (χ0n) is 10.3. The van der Waals surface area contributed by atoms with Crippen LogP contribution in [-0.2, 0) is 9.53 Å². The van der Waals surface area contributed by atoms with E-state index in [9.17, 15) is 4.79 Å². The number of ether oxygens (including phenoxy) is 1. The summed E-state index contributed by atoms with van der Waals surface area (Å²) in [5.74, 6) is -0.325. The van der Waals surface area contributed by atoms with Crippen molar-refractivity contribution >= 4 is 5.97 Å². The molecule has 0 amide bonds. The van der Waals surface area contributed by atoms with Gasteiger partial charge >= 0.3 is 5.97 Å². The maximum Gasteiger partial charge on any atom is 0.330 e. The standard InChI is InChI=1S/C14H20O2/c1-5-6-8-12(2)9-7-10-13(3)11-14(15)16-4/h5,7,9-11H,1,6,8H2,2-4H3/b10-7+,12-9-,13-11-. The minimum atomic E-state index is -0.325. The van der Waals surface area contributed by atoms with Gasteiger partial charge in [0, 0.05) is 6.08 Å². The van der Waals surface area contributed by atoms with Crippen LogP contribution < -0.4 is 0 Å². The first-order valence-electron chi connectivity index (χ1n) is 5.31. The normalized spacial score (nSPS) is 12.9. The van der Waals surface area contributed by atoms with Gasteiger partial charge in [0.05, 0.1) is 7.11 Å². The Hall–Kier alpha value is -1.57. The largest absolute Gasteiger partial charge is 0.466 e. The summed E-state index contributed by atoms with van der Waals surface area (Å²) in [5, 5.41) is 0. The Balaban J connectivity index is 4.22. The highest BCUT2D eigenvalue weighted by Crippen LogP contribution is 2.05. The summed E-state index contributed by atoms with van der Waals surface area (Å²) in [5.41, 5.74) is 2.17. The number of carbonyl (C=O) groups is 1. The lowest BCUT2D eigenvalue weighted by Gasteiger charge is -1.95. The summed E-state index contributed by atoms with van der Waals surface area (Å²) >= 11 is 0. The Morgan fingerprint density at radius 1 is 1.38 bits per heavy atom.